The van der Waals surface area contributed by atoms with Crippen LogP contribution in [0.3, 0.4) is 0 Å². The molecular formula is C19H21N9. The van der Waals surface area contributed by atoms with Crippen molar-refractivity contribution in [3.05, 3.63) is 36.6 Å². The third-order valence-electron chi connectivity index (χ3n) is 5.68. The van der Waals surface area contributed by atoms with Gasteiger partial charge in [-0.25, -0.2) is 9.97 Å². The summed E-state index contributed by atoms with van der Waals surface area (Å²) in [5, 5.41) is 17.4. The Morgan fingerprint density at radius 3 is 2.86 bits per heavy atom. The number of imidazole rings is 1. The van der Waals surface area contributed by atoms with E-state index >= 15 is 0 Å². The van der Waals surface area contributed by atoms with E-state index in [1.165, 1.54) is 25.7 Å². The van der Waals surface area contributed by atoms with Crippen molar-refractivity contribution < 1.29 is 0 Å². The molecule has 0 bridgehead atoms. The van der Waals surface area contributed by atoms with Crippen molar-refractivity contribution in [3.8, 4) is 17.7 Å². The number of aromatic nitrogens is 7. The third-order valence-corrected chi connectivity index (χ3v) is 5.68. The summed E-state index contributed by atoms with van der Waals surface area (Å²) in [5.74, 6) is 2.44. The highest BCUT2D eigenvalue weighted by atomic mass is 15.4. The molecule has 9 heteroatoms. The molecule has 1 fully saturated rings. The maximum absolute atomic E-state index is 8.89. The molecule has 1 unspecified atom stereocenters. The molecule has 9 nitrogen and oxygen atoms in total. The maximum Gasteiger partial charge on any atom is 0.236 e. The Labute approximate surface area is 162 Å². The Morgan fingerprint density at radius 2 is 2.07 bits per heavy atom. The van der Waals surface area contributed by atoms with Gasteiger partial charge in [0.25, 0.3) is 0 Å². The van der Waals surface area contributed by atoms with E-state index in [9.17, 15) is 0 Å². The van der Waals surface area contributed by atoms with E-state index in [2.05, 4.69) is 38.1 Å². The molecule has 1 atom stereocenters. The molecule has 5 rings (SSSR count). The molecule has 1 aliphatic heterocycles. The Morgan fingerprint density at radius 1 is 1.21 bits per heavy atom. The molecule has 4 heterocycles. The van der Waals surface area contributed by atoms with Crippen LogP contribution >= 0.6 is 0 Å². The summed E-state index contributed by atoms with van der Waals surface area (Å²) in [6.45, 7) is 2.18. The van der Waals surface area contributed by atoms with Gasteiger partial charge in [0.15, 0.2) is 11.6 Å². The molecule has 142 valence electrons. The van der Waals surface area contributed by atoms with Crippen LogP contribution in [0.25, 0.3) is 11.6 Å². The van der Waals surface area contributed by atoms with Crippen molar-refractivity contribution in [2.75, 3.05) is 4.90 Å². The summed E-state index contributed by atoms with van der Waals surface area (Å²) in [6, 6.07) is 2.73. The first kappa shape index (κ1) is 16.9. The topological polar surface area (TPSA) is 101 Å². The van der Waals surface area contributed by atoms with Gasteiger partial charge in [0.2, 0.25) is 5.95 Å². The fourth-order valence-electron chi connectivity index (χ4n) is 4.40. The number of anilines is 1. The van der Waals surface area contributed by atoms with E-state index in [1.807, 2.05) is 17.0 Å². The van der Waals surface area contributed by atoms with Gasteiger partial charge < -0.3 is 4.90 Å². The van der Waals surface area contributed by atoms with Crippen LogP contribution in [0.15, 0.2) is 25.0 Å². The molecule has 28 heavy (non-hydrogen) atoms. The van der Waals surface area contributed by atoms with Gasteiger partial charge in [0.05, 0.1) is 30.4 Å². The van der Waals surface area contributed by atoms with Crippen molar-refractivity contribution in [3.63, 3.8) is 0 Å². The van der Waals surface area contributed by atoms with Gasteiger partial charge >= 0.3 is 0 Å². The lowest BCUT2D eigenvalue weighted by Gasteiger charge is -2.40. The second-order valence-electron chi connectivity index (χ2n) is 7.31. The maximum atomic E-state index is 8.89. The second-order valence-corrected chi connectivity index (χ2v) is 7.31. The van der Waals surface area contributed by atoms with Crippen LogP contribution in [-0.2, 0) is 6.42 Å². The van der Waals surface area contributed by atoms with Crippen molar-refractivity contribution in [1.29, 1.82) is 5.26 Å². The smallest absolute Gasteiger partial charge is 0.236 e. The summed E-state index contributed by atoms with van der Waals surface area (Å²) in [6.07, 6.45) is 13.1. The van der Waals surface area contributed by atoms with Gasteiger partial charge in [-0.15, -0.1) is 10.2 Å². The van der Waals surface area contributed by atoms with Crippen LogP contribution in [0, 0.1) is 11.3 Å². The standard InChI is InChI=1S/C19H21N9/c1-2-15-18-25-23-12-27(18)16-9-21-19(26-10-13(7-8-20)22-11-26)24-17(16)28(15)14-5-3-4-6-14/h9-12,14-15H,2-7H2,1H3. The van der Waals surface area contributed by atoms with E-state index in [-0.39, 0.29) is 12.5 Å². The number of hydrogen-bond donors (Lipinski definition) is 0. The molecule has 0 amide bonds. The highest BCUT2D eigenvalue weighted by Gasteiger charge is 2.38. The minimum Gasteiger partial charge on any atom is -0.341 e. The molecule has 3 aromatic rings. The highest BCUT2D eigenvalue weighted by molar-refractivity contribution is 5.62. The van der Waals surface area contributed by atoms with E-state index in [1.54, 1.807) is 17.2 Å². The second kappa shape index (κ2) is 6.71. The lowest BCUT2D eigenvalue weighted by molar-refractivity contribution is 0.468. The normalized spacial score (nSPS) is 18.7. The Kier molecular flexibility index (Phi) is 4.04. The third kappa shape index (κ3) is 2.56. The van der Waals surface area contributed by atoms with Crippen LogP contribution in [0.1, 0.15) is 56.6 Å². The van der Waals surface area contributed by atoms with Crippen molar-refractivity contribution in [1.82, 2.24) is 34.3 Å². The van der Waals surface area contributed by atoms with E-state index in [0.717, 1.165) is 23.8 Å². The molecule has 0 radical (unpaired) electrons. The van der Waals surface area contributed by atoms with Crippen LogP contribution in [0.4, 0.5) is 5.82 Å². The molecule has 1 saturated carbocycles. The molecule has 0 spiro atoms. The average Bonchev–Trinajstić information content (AvgIpc) is 3.47. The Balaban J connectivity index is 1.64. The minimum atomic E-state index is 0.151. The fourth-order valence-corrected chi connectivity index (χ4v) is 4.40. The number of nitrogens with zero attached hydrogens (tertiary/aromatic N) is 9. The van der Waals surface area contributed by atoms with Gasteiger partial charge in [0.1, 0.15) is 18.3 Å². The van der Waals surface area contributed by atoms with Crippen LogP contribution in [0.2, 0.25) is 0 Å². The molecule has 2 aliphatic rings. The predicted octanol–water partition coefficient (Wildman–Crippen LogP) is 2.52. The monoisotopic (exact) mass is 375 g/mol. The first-order valence-corrected chi connectivity index (χ1v) is 9.76. The number of rotatable bonds is 4. The quantitative estimate of drug-likeness (QED) is 0.690. The number of hydrogen-bond acceptors (Lipinski definition) is 7. The van der Waals surface area contributed by atoms with Gasteiger partial charge in [-0.05, 0) is 19.3 Å². The summed E-state index contributed by atoms with van der Waals surface area (Å²) in [4.78, 5) is 16.2. The SMILES string of the molecule is CCC1c2nncn2-c2cnc(-n3cnc(CC#N)c3)nc2N1C1CCCC1. The lowest BCUT2D eigenvalue weighted by Crippen LogP contribution is -2.42. The zero-order valence-corrected chi connectivity index (χ0v) is 15.7. The largest absolute Gasteiger partial charge is 0.341 e. The first-order chi connectivity index (χ1) is 13.8. The zero-order valence-electron chi connectivity index (χ0n) is 15.7. The van der Waals surface area contributed by atoms with Gasteiger partial charge in [-0.3, -0.25) is 9.13 Å². The van der Waals surface area contributed by atoms with E-state index in [4.69, 9.17) is 10.2 Å². The number of nitriles is 1. The zero-order chi connectivity index (χ0) is 19.1. The fraction of sp³-hybridized carbons (Fsp3) is 0.474. The summed E-state index contributed by atoms with van der Waals surface area (Å²) < 4.78 is 3.79. The van der Waals surface area contributed by atoms with Crippen LogP contribution in [-0.4, -0.2) is 40.3 Å². The number of fused-ring (bicyclic) bond motifs is 3. The molecule has 0 aromatic carbocycles. The summed E-state index contributed by atoms with van der Waals surface area (Å²) in [7, 11) is 0. The van der Waals surface area contributed by atoms with Crippen molar-refractivity contribution >= 4 is 5.82 Å². The van der Waals surface area contributed by atoms with Gasteiger partial charge in [-0.2, -0.15) is 10.2 Å². The molecule has 0 saturated heterocycles. The molecule has 3 aromatic heterocycles. The van der Waals surface area contributed by atoms with Crippen molar-refractivity contribution in [2.24, 2.45) is 0 Å². The molecule has 1 aliphatic carbocycles. The van der Waals surface area contributed by atoms with Gasteiger partial charge in [0, 0.05) is 12.2 Å². The Bertz CT molecular complexity index is 1040. The van der Waals surface area contributed by atoms with E-state index < -0.39 is 0 Å². The summed E-state index contributed by atoms with van der Waals surface area (Å²) in [5.41, 5.74) is 1.63. The average molecular weight is 375 g/mol. The molecule has 0 N–H and O–H groups in total. The Hall–Kier alpha value is -3.28. The van der Waals surface area contributed by atoms with Crippen molar-refractivity contribution in [2.45, 2.75) is 57.5 Å². The first-order valence-electron chi connectivity index (χ1n) is 9.76. The van der Waals surface area contributed by atoms with E-state index in [0.29, 0.717) is 17.7 Å². The highest BCUT2D eigenvalue weighted by Crippen LogP contribution is 2.42. The molecular weight excluding hydrogens is 354 g/mol. The lowest BCUT2D eigenvalue weighted by atomic mass is 10.0. The minimum absolute atomic E-state index is 0.151. The summed E-state index contributed by atoms with van der Waals surface area (Å²) >= 11 is 0. The van der Waals surface area contributed by atoms with Crippen LogP contribution in [0.5, 0.6) is 0 Å². The van der Waals surface area contributed by atoms with Gasteiger partial charge in [-0.1, -0.05) is 19.8 Å². The van der Waals surface area contributed by atoms with Crippen LogP contribution < -0.4 is 4.90 Å². The predicted molar refractivity (Wildman–Crippen MR) is 101 cm³/mol.